The largest absolute Gasteiger partial charge is 0.490 e. The lowest BCUT2D eigenvalue weighted by Gasteiger charge is -2.07. The van der Waals surface area contributed by atoms with Crippen molar-refractivity contribution in [2.75, 3.05) is 6.61 Å². The van der Waals surface area contributed by atoms with E-state index < -0.39 is 6.17 Å². The van der Waals surface area contributed by atoms with Gasteiger partial charge < -0.3 is 4.74 Å². The highest BCUT2D eigenvalue weighted by atomic mass is 19.1. The number of allylic oxidation sites excluding steroid dienone is 1. The first-order chi connectivity index (χ1) is 13.7. The van der Waals surface area contributed by atoms with Crippen molar-refractivity contribution < 1.29 is 9.13 Å². The molecule has 1 unspecified atom stereocenters. The van der Waals surface area contributed by atoms with Gasteiger partial charge in [-0.1, -0.05) is 55.1 Å². The number of pyridine rings is 1. The molecule has 0 N–H and O–H groups in total. The van der Waals surface area contributed by atoms with E-state index in [0.29, 0.717) is 13.0 Å². The van der Waals surface area contributed by atoms with Gasteiger partial charge in [-0.25, -0.2) is 4.39 Å². The Morgan fingerprint density at radius 2 is 1.93 bits per heavy atom. The quantitative estimate of drug-likeness (QED) is 0.296. The molecule has 0 aliphatic carbocycles. The van der Waals surface area contributed by atoms with Crippen LogP contribution in [0.3, 0.4) is 0 Å². The number of rotatable bonds is 9. The Kier molecular flexibility index (Phi) is 6.96. The molecule has 1 atom stereocenters. The molecule has 2 aromatic carbocycles. The molecule has 2 nitrogen and oxygen atoms in total. The third-order valence-corrected chi connectivity index (χ3v) is 4.55. The van der Waals surface area contributed by atoms with Crippen LogP contribution in [0.5, 0.6) is 5.75 Å². The summed E-state index contributed by atoms with van der Waals surface area (Å²) in [6.45, 7) is 5.77. The number of alkyl halides is 1. The topological polar surface area (TPSA) is 22.1 Å². The zero-order chi connectivity index (χ0) is 19.8. The van der Waals surface area contributed by atoms with Gasteiger partial charge in [-0.05, 0) is 55.3 Å². The van der Waals surface area contributed by atoms with Gasteiger partial charge in [0.05, 0.1) is 11.9 Å². The van der Waals surface area contributed by atoms with Gasteiger partial charge in [0.2, 0.25) is 0 Å². The van der Waals surface area contributed by atoms with Crippen LogP contribution < -0.4 is 4.74 Å². The fourth-order valence-electron chi connectivity index (χ4n) is 3.02. The summed E-state index contributed by atoms with van der Waals surface area (Å²) in [5.74, 6) is 0.819. The van der Waals surface area contributed by atoms with E-state index in [1.54, 1.807) is 13.0 Å². The van der Waals surface area contributed by atoms with Crippen LogP contribution in [-0.4, -0.2) is 17.8 Å². The Bertz CT molecular complexity index is 944. The van der Waals surface area contributed by atoms with Crippen molar-refractivity contribution >= 4 is 16.8 Å². The SMILES string of the molecule is C=CCOc1ccc2cc(-c3ccc(/C=C/CCCC(C)F)cc3)ncc2c1. The van der Waals surface area contributed by atoms with Crippen LogP contribution in [0, 0.1) is 0 Å². The molecule has 3 aromatic rings. The average molecular weight is 375 g/mol. The van der Waals surface area contributed by atoms with Crippen LogP contribution in [0.2, 0.25) is 0 Å². The van der Waals surface area contributed by atoms with E-state index in [4.69, 9.17) is 4.74 Å². The van der Waals surface area contributed by atoms with Crippen molar-refractivity contribution in [1.29, 1.82) is 0 Å². The number of fused-ring (bicyclic) bond motifs is 1. The molecule has 0 spiro atoms. The molecule has 28 heavy (non-hydrogen) atoms. The number of ether oxygens (including phenoxy) is 1. The Hall–Kier alpha value is -2.94. The van der Waals surface area contributed by atoms with Crippen molar-refractivity contribution in [2.45, 2.75) is 32.4 Å². The zero-order valence-electron chi connectivity index (χ0n) is 16.3. The second-order valence-corrected chi connectivity index (χ2v) is 6.91. The molecule has 0 amide bonds. The standard InChI is InChI=1S/C25H26FNO/c1-3-15-28-24-14-13-22-17-25(27-18-23(22)16-24)21-11-9-20(10-12-21)8-6-4-5-7-19(2)26/h3,6,8-14,16-19H,1,4-5,7,15H2,2H3/b8-6+. The summed E-state index contributed by atoms with van der Waals surface area (Å²) >= 11 is 0. The molecule has 1 heterocycles. The maximum Gasteiger partial charge on any atom is 0.120 e. The lowest BCUT2D eigenvalue weighted by atomic mass is 10.0. The molecule has 3 heteroatoms. The van der Waals surface area contributed by atoms with E-state index in [-0.39, 0.29) is 0 Å². The van der Waals surface area contributed by atoms with Gasteiger partial charge in [0.15, 0.2) is 0 Å². The van der Waals surface area contributed by atoms with Crippen molar-refractivity contribution in [1.82, 2.24) is 4.98 Å². The van der Waals surface area contributed by atoms with E-state index in [1.165, 1.54) is 0 Å². The summed E-state index contributed by atoms with van der Waals surface area (Å²) in [6, 6.07) is 16.4. The maximum atomic E-state index is 12.8. The summed E-state index contributed by atoms with van der Waals surface area (Å²) in [4.78, 5) is 4.60. The Morgan fingerprint density at radius 1 is 1.11 bits per heavy atom. The predicted molar refractivity (Wildman–Crippen MR) is 116 cm³/mol. The number of nitrogens with zero attached hydrogens (tertiary/aromatic N) is 1. The molecule has 3 rings (SSSR count). The van der Waals surface area contributed by atoms with Crippen LogP contribution in [-0.2, 0) is 0 Å². The van der Waals surface area contributed by atoms with Crippen LogP contribution in [0.25, 0.3) is 28.1 Å². The summed E-state index contributed by atoms with van der Waals surface area (Å²) in [5.41, 5.74) is 3.17. The normalized spacial score (nSPS) is 12.4. The third kappa shape index (κ3) is 5.53. The maximum absolute atomic E-state index is 12.8. The lowest BCUT2D eigenvalue weighted by Crippen LogP contribution is -1.92. The molecule has 1 aromatic heterocycles. The molecule has 0 aliphatic rings. The lowest BCUT2D eigenvalue weighted by molar-refractivity contribution is 0.335. The summed E-state index contributed by atoms with van der Waals surface area (Å²) in [7, 11) is 0. The second kappa shape index (κ2) is 9.84. The molecule has 0 radical (unpaired) electrons. The van der Waals surface area contributed by atoms with Crippen molar-refractivity contribution in [3.8, 4) is 17.0 Å². The Labute approximate surface area is 166 Å². The fraction of sp³-hybridized carbons (Fsp3) is 0.240. The minimum atomic E-state index is -0.714. The Morgan fingerprint density at radius 3 is 2.68 bits per heavy atom. The number of hydrogen-bond acceptors (Lipinski definition) is 2. The van der Waals surface area contributed by atoms with Crippen LogP contribution in [0.15, 0.2) is 73.5 Å². The molecular weight excluding hydrogens is 349 g/mol. The highest BCUT2D eigenvalue weighted by Crippen LogP contribution is 2.25. The molecule has 144 valence electrons. The molecule has 0 saturated carbocycles. The van der Waals surface area contributed by atoms with Gasteiger partial charge in [-0.3, -0.25) is 4.98 Å². The summed E-state index contributed by atoms with van der Waals surface area (Å²) in [5, 5.41) is 2.18. The van der Waals surface area contributed by atoms with Crippen LogP contribution in [0.4, 0.5) is 4.39 Å². The average Bonchev–Trinajstić information content (AvgIpc) is 2.71. The van der Waals surface area contributed by atoms with E-state index in [0.717, 1.165) is 46.2 Å². The number of halogens is 1. The number of aromatic nitrogens is 1. The second-order valence-electron chi connectivity index (χ2n) is 6.91. The smallest absolute Gasteiger partial charge is 0.120 e. The predicted octanol–water partition coefficient (Wildman–Crippen LogP) is 7.01. The minimum Gasteiger partial charge on any atom is -0.490 e. The van der Waals surface area contributed by atoms with E-state index in [9.17, 15) is 4.39 Å². The molecular formula is C25H26FNO. The minimum absolute atomic E-state index is 0.493. The Balaban J connectivity index is 1.68. The number of benzene rings is 2. The van der Waals surface area contributed by atoms with Crippen LogP contribution >= 0.6 is 0 Å². The van der Waals surface area contributed by atoms with Crippen molar-refractivity contribution in [3.63, 3.8) is 0 Å². The number of unbranched alkanes of at least 4 members (excludes halogenated alkanes) is 1. The molecule has 0 fully saturated rings. The van der Waals surface area contributed by atoms with Crippen molar-refractivity contribution in [3.05, 3.63) is 79.0 Å². The van der Waals surface area contributed by atoms with Gasteiger partial charge >= 0.3 is 0 Å². The summed E-state index contributed by atoms with van der Waals surface area (Å²) < 4.78 is 18.4. The van der Waals surface area contributed by atoms with E-state index in [2.05, 4.69) is 54.0 Å². The molecule has 0 saturated heterocycles. The highest BCUT2D eigenvalue weighted by Gasteiger charge is 2.03. The van der Waals surface area contributed by atoms with Gasteiger partial charge in [0.25, 0.3) is 0 Å². The zero-order valence-corrected chi connectivity index (χ0v) is 16.3. The first-order valence-corrected chi connectivity index (χ1v) is 9.70. The van der Waals surface area contributed by atoms with Gasteiger partial charge in [0, 0.05) is 17.1 Å². The monoisotopic (exact) mass is 375 g/mol. The molecule has 0 bridgehead atoms. The first-order valence-electron chi connectivity index (χ1n) is 9.70. The molecule has 0 aliphatic heterocycles. The third-order valence-electron chi connectivity index (χ3n) is 4.55. The van der Waals surface area contributed by atoms with Crippen LogP contribution in [0.1, 0.15) is 31.7 Å². The number of hydrogen-bond donors (Lipinski definition) is 0. The van der Waals surface area contributed by atoms with Gasteiger partial charge in [0.1, 0.15) is 12.4 Å². The van der Waals surface area contributed by atoms with Gasteiger partial charge in [-0.2, -0.15) is 0 Å². The van der Waals surface area contributed by atoms with E-state index in [1.807, 2.05) is 24.4 Å². The fourth-order valence-corrected chi connectivity index (χ4v) is 3.02. The van der Waals surface area contributed by atoms with E-state index >= 15 is 0 Å². The van der Waals surface area contributed by atoms with Crippen molar-refractivity contribution in [2.24, 2.45) is 0 Å². The van der Waals surface area contributed by atoms with Gasteiger partial charge in [-0.15, -0.1) is 0 Å². The summed E-state index contributed by atoms with van der Waals surface area (Å²) in [6.07, 6.45) is 9.50. The first kappa shape index (κ1) is 19.8. The highest BCUT2D eigenvalue weighted by molar-refractivity contribution is 5.86.